The minimum Gasteiger partial charge on any atom is -0.478 e. The van der Waals surface area contributed by atoms with E-state index < -0.39 is 5.97 Å². The fourth-order valence-corrected chi connectivity index (χ4v) is 2.49. The molecule has 1 aromatic rings. The number of carbonyl (C=O) groups excluding carboxylic acids is 1. The second-order valence-electron chi connectivity index (χ2n) is 5.06. The molecule has 18 heavy (non-hydrogen) atoms. The molecular weight excluding hydrogens is 230 g/mol. The predicted octanol–water partition coefficient (Wildman–Crippen LogP) is 1.87. The zero-order valence-electron chi connectivity index (χ0n) is 10.5. The molecule has 4 heteroatoms. The van der Waals surface area contributed by atoms with Crippen LogP contribution in [0.5, 0.6) is 0 Å². The number of hydrogen-bond donors (Lipinski definition) is 2. The molecule has 1 aliphatic heterocycles. The molecule has 0 radical (unpaired) electrons. The van der Waals surface area contributed by atoms with Crippen LogP contribution in [0.4, 0.5) is 0 Å². The van der Waals surface area contributed by atoms with Crippen LogP contribution in [-0.4, -0.2) is 23.5 Å². The van der Waals surface area contributed by atoms with Gasteiger partial charge in [-0.1, -0.05) is 26.0 Å². The number of carboxylic acid groups (broad SMARTS) is 1. The Labute approximate surface area is 106 Å². The average Bonchev–Trinajstić information content (AvgIpc) is 2.71. The van der Waals surface area contributed by atoms with Crippen LogP contribution in [-0.2, 0) is 4.79 Å². The van der Waals surface area contributed by atoms with Crippen molar-refractivity contribution in [3.05, 3.63) is 35.4 Å². The van der Waals surface area contributed by atoms with Gasteiger partial charge in [-0.15, -0.1) is 0 Å². The van der Waals surface area contributed by atoms with Gasteiger partial charge in [0.2, 0.25) is 5.91 Å². The van der Waals surface area contributed by atoms with Crippen molar-refractivity contribution in [3.63, 3.8) is 0 Å². The van der Waals surface area contributed by atoms with Gasteiger partial charge in [-0.3, -0.25) is 4.79 Å². The maximum atomic E-state index is 11.9. The summed E-state index contributed by atoms with van der Waals surface area (Å²) in [4.78, 5) is 22.7. The monoisotopic (exact) mass is 247 g/mol. The second-order valence-corrected chi connectivity index (χ2v) is 5.06. The molecule has 2 rings (SSSR count). The number of carbonyl (C=O) groups is 2. The van der Waals surface area contributed by atoms with Crippen molar-refractivity contribution in [2.24, 2.45) is 11.8 Å². The van der Waals surface area contributed by atoms with Gasteiger partial charge < -0.3 is 10.4 Å². The van der Waals surface area contributed by atoms with Crippen LogP contribution in [0.15, 0.2) is 24.3 Å². The zero-order valence-corrected chi connectivity index (χ0v) is 10.5. The Bertz CT molecular complexity index is 464. The van der Waals surface area contributed by atoms with Gasteiger partial charge in [0.05, 0.1) is 11.5 Å². The molecule has 4 nitrogen and oxygen atoms in total. The van der Waals surface area contributed by atoms with E-state index in [1.54, 1.807) is 24.3 Å². The third-order valence-electron chi connectivity index (χ3n) is 3.60. The van der Waals surface area contributed by atoms with E-state index in [-0.39, 0.29) is 23.3 Å². The molecule has 1 saturated heterocycles. The summed E-state index contributed by atoms with van der Waals surface area (Å²) in [7, 11) is 0. The van der Waals surface area contributed by atoms with E-state index in [0.717, 1.165) is 5.56 Å². The lowest BCUT2D eigenvalue weighted by molar-refractivity contribution is -0.120. The van der Waals surface area contributed by atoms with Gasteiger partial charge in [0.25, 0.3) is 0 Å². The van der Waals surface area contributed by atoms with Crippen molar-refractivity contribution in [2.75, 3.05) is 6.54 Å². The molecule has 1 aliphatic rings. The Kier molecular flexibility index (Phi) is 3.36. The Morgan fingerprint density at radius 1 is 1.33 bits per heavy atom. The molecule has 2 atom stereocenters. The van der Waals surface area contributed by atoms with Crippen LogP contribution in [0.1, 0.15) is 35.7 Å². The summed E-state index contributed by atoms with van der Waals surface area (Å²) in [6.07, 6.45) is 0. The van der Waals surface area contributed by atoms with Gasteiger partial charge >= 0.3 is 5.97 Å². The summed E-state index contributed by atoms with van der Waals surface area (Å²) >= 11 is 0. The normalized spacial score (nSPS) is 23.2. The highest BCUT2D eigenvalue weighted by Gasteiger charge is 2.37. The molecule has 0 bridgehead atoms. The first-order valence-electron chi connectivity index (χ1n) is 6.11. The molecular formula is C14H17NO3. The van der Waals surface area contributed by atoms with Gasteiger partial charge in [0.15, 0.2) is 0 Å². The summed E-state index contributed by atoms with van der Waals surface area (Å²) in [5.41, 5.74) is 1.15. The molecule has 0 aliphatic carbocycles. The third kappa shape index (κ3) is 2.23. The molecule has 2 N–H and O–H groups in total. The first-order chi connectivity index (χ1) is 8.50. The number of carboxylic acids is 1. The molecule has 1 amide bonds. The molecule has 1 fully saturated rings. The summed E-state index contributed by atoms with van der Waals surface area (Å²) in [5.74, 6) is -0.385. The maximum Gasteiger partial charge on any atom is 0.335 e. The highest BCUT2D eigenvalue weighted by Crippen LogP contribution is 2.34. The average molecular weight is 247 g/mol. The Morgan fingerprint density at radius 3 is 2.44 bits per heavy atom. The van der Waals surface area contributed by atoms with Gasteiger partial charge in [0.1, 0.15) is 0 Å². The minimum atomic E-state index is -0.946. The summed E-state index contributed by atoms with van der Waals surface area (Å²) in [5, 5.41) is 11.7. The van der Waals surface area contributed by atoms with Crippen LogP contribution >= 0.6 is 0 Å². The van der Waals surface area contributed by atoms with Crippen molar-refractivity contribution in [1.29, 1.82) is 0 Å². The van der Waals surface area contributed by atoms with Gasteiger partial charge in [-0.2, -0.15) is 0 Å². The lowest BCUT2D eigenvalue weighted by Gasteiger charge is -2.20. The van der Waals surface area contributed by atoms with Crippen LogP contribution in [0.3, 0.4) is 0 Å². The lowest BCUT2D eigenvalue weighted by Crippen LogP contribution is -2.19. The van der Waals surface area contributed by atoms with E-state index in [1.165, 1.54) is 0 Å². The van der Waals surface area contributed by atoms with E-state index in [9.17, 15) is 9.59 Å². The molecule has 1 unspecified atom stereocenters. The maximum absolute atomic E-state index is 11.9. The number of amides is 1. The van der Waals surface area contributed by atoms with Crippen LogP contribution in [0.25, 0.3) is 0 Å². The summed E-state index contributed by atoms with van der Waals surface area (Å²) < 4.78 is 0. The standard InChI is InChI=1S/C14H17NO3/c1-8(2)11-7-15-13(16)12(11)9-3-5-10(6-4-9)14(17)18/h3-6,8,11-12H,7H2,1-2H3,(H,15,16)(H,17,18)/t11?,12-/m0/s1. The van der Waals surface area contributed by atoms with Crippen molar-refractivity contribution in [1.82, 2.24) is 5.32 Å². The lowest BCUT2D eigenvalue weighted by atomic mass is 9.81. The topological polar surface area (TPSA) is 66.4 Å². The van der Waals surface area contributed by atoms with Crippen LogP contribution < -0.4 is 5.32 Å². The number of nitrogens with one attached hydrogen (secondary N) is 1. The van der Waals surface area contributed by atoms with E-state index in [0.29, 0.717) is 12.5 Å². The van der Waals surface area contributed by atoms with Gasteiger partial charge in [-0.05, 0) is 29.5 Å². The fourth-order valence-electron chi connectivity index (χ4n) is 2.49. The van der Waals surface area contributed by atoms with E-state index in [1.807, 2.05) is 0 Å². The molecule has 1 heterocycles. The van der Waals surface area contributed by atoms with E-state index >= 15 is 0 Å². The third-order valence-corrected chi connectivity index (χ3v) is 3.60. The molecule has 0 saturated carbocycles. The predicted molar refractivity (Wildman–Crippen MR) is 67.5 cm³/mol. The van der Waals surface area contributed by atoms with Crippen molar-refractivity contribution < 1.29 is 14.7 Å². The molecule has 0 spiro atoms. The van der Waals surface area contributed by atoms with Gasteiger partial charge in [-0.25, -0.2) is 4.79 Å². The highest BCUT2D eigenvalue weighted by atomic mass is 16.4. The summed E-state index contributed by atoms with van der Waals surface area (Å²) in [6.45, 7) is 4.90. The van der Waals surface area contributed by atoms with Gasteiger partial charge in [0, 0.05) is 6.54 Å². The minimum absolute atomic E-state index is 0.0387. The van der Waals surface area contributed by atoms with Crippen molar-refractivity contribution in [2.45, 2.75) is 19.8 Å². The number of aromatic carboxylic acids is 1. The highest BCUT2D eigenvalue weighted by molar-refractivity contribution is 5.89. The Hall–Kier alpha value is -1.84. The molecule has 96 valence electrons. The molecule has 0 aromatic heterocycles. The zero-order chi connectivity index (χ0) is 13.3. The number of rotatable bonds is 3. The Balaban J connectivity index is 2.29. The smallest absolute Gasteiger partial charge is 0.335 e. The first kappa shape index (κ1) is 12.6. The fraction of sp³-hybridized carbons (Fsp3) is 0.429. The second kappa shape index (κ2) is 4.80. The van der Waals surface area contributed by atoms with Crippen molar-refractivity contribution in [3.8, 4) is 0 Å². The summed E-state index contributed by atoms with van der Waals surface area (Å²) in [6, 6.07) is 6.60. The number of benzene rings is 1. The van der Waals surface area contributed by atoms with Crippen LogP contribution in [0, 0.1) is 11.8 Å². The largest absolute Gasteiger partial charge is 0.478 e. The molecule has 1 aromatic carbocycles. The van der Waals surface area contributed by atoms with Crippen molar-refractivity contribution >= 4 is 11.9 Å². The van der Waals surface area contributed by atoms with Crippen LogP contribution in [0.2, 0.25) is 0 Å². The van der Waals surface area contributed by atoms with E-state index in [4.69, 9.17) is 5.11 Å². The quantitative estimate of drug-likeness (QED) is 0.857. The first-order valence-corrected chi connectivity index (χ1v) is 6.11. The number of hydrogen-bond acceptors (Lipinski definition) is 2. The van der Waals surface area contributed by atoms with E-state index in [2.05, 4.69) is 19.2 Å². The Morgan fingerprint density at radius 2 is 1.94 bits per heavy atom. The SMILES string of the molecule is CC(C)C1CNC(=O)[C@H]1c1ccc(C(=O)O)cc1.